The molecular weight excluding hydrogens is 224 g/mol. The van der Waals surface area contributed by atoms with E-state index in [1.165, 1.54) is 32.1 Å². The van der Waals surface area contributed by atoms with Crippen LogP contribution in [0.1, 0.15) is 46.0 Å². The van der Waals surface area contributed by atoms with E-state index in [4.69, 9.17) is 4.74 Å². The van der Waals surface area contributed by atoms with E-state index in [-0.39, 0.29) is 0 Å². The van der Waals surface area contributed by atoms with Crippen LogP contribution in [-0.2, 0) is 4.74 Å². The van der Waals surface area contributed by atoms with Crippen LogP contribution in [0.3, 0.4) is 0 Å². The summed E-state index contributed by atoms with van der Waals surface area (Å²) in [5.41, 5.74) is 0.382. The van der Waals surface area contributed by atoms with Gasteiger partial charge in [-0.3, -0.25) is 0 Å². The van der Waals surface area contributed by atoms with Gasteiger partial charge in [-0.25, -0.2) is 0 Å². The summed E-state index contributed by atoms with van der Waals surface area (Å²) >= 11 is 0. The highest BCUT2D eigenvalue weighted by molar-refractivity contribution is 4.80. The summed E-state index contributed by atoms with van der Waals surface area (Å²) in [6, 6.07) is 0. The Morgan fingerprint density at radius 1 is 1.39 bits per heavy atom. The maximum absolute atomic E-state index is 5.83. The predicted molar refractivity (Wildman–Crippen MR) is 78.0 cm³/mol. The Labute approximate surface area is 113 Å². The van der Waals surface area contributed by atoms with Gasteiger partial charge in [0.25, 0.3) is 0 Å². The number of hydrogen-bond acceptors (Lipinski definition) is 3. The number of likely N-dealkylation sites (N-methyl/N-ethyl adjacent to an activating group) is 1. The van der Waals surface area contributed by atoms with Crippen molar-refractivity contribution in [3.63, 3.8) is 0 Å². The molecule has 0 bridgehead atoms. The summed E-state index contributed by atoms with van der Waals surface area (Å²) in [4.78, 5) is 2.46. The van der Waals surface area contributed by atoms with Crippen LogP contribution in [-0.4, -0.2) is 51.3 Å². The van der Waals surface area contributed by atoms with Gasteiger partial charge in [0.15, 0.2) is 0 Å². The molecule has 0 amide bonds. The number of hydrogen-bond donors (Lipinski definition) is 1. The maximum atomic E-state index is 5.83. The van der Waals surface area contributed by atoms with Crippen molar-refractivity contribution in [2.45, 2.75) is 52.1 Å². The molecule has 1 saturated heterocycles. The number of ether oxygens (including phenoxy) is 1. The third-order valence-corrected chi connectivity index (χ3v) is 3.90. The second-order valence-corrected chi connectivity index (χ2v) is 6.28. The smallest absolute Gasteiger partial charge is 0.0701 e. The van der Waals surface area contributed by atoms with Crippen LogP contribution in [0.15, 0.2) is 0 Å². The summed E-state index contributed by atoms with van der Waals surface area (Å²) in [6.07, 6.45) is 6.81. The zero-order valence-corrected chi connectivity index (χ0v) is 12.8. The average Bonchev–Trinajstić information content (AvgIpc) is 2.30. The normalized spacial score (nSPS) is 24.2. The van der Waals surface area contributed by atoms with E-state index < -0.39 is 0 Å². The van der Waals surface area contributed by atoms with Gasteiger partial charge >= 0.3 is 0 Å². The highest BCUT2D eigenvalue weighted by Gasteiger charge is 2.26. The van der Waals surface area contributed by atoms with Crippen molar-refractivity contribution in [3.05, 3.63) is 0 Å². The molecule has 3 heteroatoms. The first kappa shape index (κ1) is 15.9. The van der Waals surface area contributed by atoms with Crippen LogP contribution in [0.25, 0.3) is 0 Å². The van der Waals surface area contributed by atoms with Crippen molar-refractivity contribution < 1.29 is 4.74 Å². The van der Waals surface area contributed by atoms with Gasteiger partial charge in [0.05, 0.1) is 6.10 Å². The topological polar surface area (TPSA) is 24.5 Å². The molecule has 2 atom stereocenters. The van der Waals surface area contributed by atoms with Gasteiger partial charge in [-0.15, -0.1) is 0 Å². The van der Waals surface area contributed by atoms with E-state index in [0.717, 1.165) is 26.2 Å². The third kappa shape index (κ3) is 5.68. The Morgan fingerprint density at radius 3 is 2.72 bits per heavy atom. The Balaban J connectivity index is 2.37. The van der Waals surface area contributed by atoms with Crippen LogP contribution in [0.4, 0.5) is 0 Å². The van der Waals surface area contributed by atoms with E-state index in [2.05, 4.69) is 38.2 Å². The minimum atomic E-state index is 0.382. The lowest BCUT2D eigenvalue weighted by atomic mass is 9.85. The summed E-state index contributed by atoms with van der Waals surface area (Å²) in [5.74, 6) is 0. The minimum Gasteiger partial charge on any atom is -0.377 e. The molecule has 0 radical (unpaired) electrons. The lowest BCUT2D eigenvalue weighted by Gasteiger charge is -2.36. The monoisotopic (exact) mass is 256 g/mol. The Hall–Kier alpha value is -0.120. The molecule has 1 N–H and O–H groups in total. The molecule has 1 heterocycles. The maximum Gasteiger partial charge on any atom is 0.0701 e. The van der Waals surface area contributed by atoms with Crippen LogP contribution < -0.4 is 5.32 Å². The van der Waals surface area contributed by atoms with Crippen molar-refractivity contribution in [3.8, 4) is 0 Å². The molecule has 0 aromatic carbocycles. The van der Waals surface area contributed by atoms with Crippen LogP contribution in [0, 0.1) is 5.41 Å². The van der Waals surface area contributed by atoms with Crippen LogP contribution in [0.5, 0.6) is 0 Å². The predicted octanol–water partition coefficient (Wildman–Crippen LogP) is 2.51. The van der Waals surface area contributed by atoms with E-state index in [1.807, 2.05) is 0 Å². The standard InChI is InChI=1S/C15H32N2O/c1-5-9-15(2,12-16-3)13-17(4)11-14-8-6-7-10-18-14/h14,16H,5-13H2,1-4H3. The van der Waals surface area contributed by atoms with Crippen molar-refractivity contribution in [1.82, 2.24) is 10.2 Å². The lowest BCUT2D eigenvalue weighted by molar-refractivity contribution is -0.00738. The number of nitrogens with zero attached hydrogens (tertiary/aromatic N) is 1. The molecule has 0 spiro atoms. The molecular formula is C15H32N2O. The van der Waals surface area contributed by atoms with Crippen molar-refractivity contribution in [2.24, 2.45) is 5.41 Å². The molecule has 1 aliphatic rings. The van der Waals surface area contributed by atoms with Gasteiger partial charge in [-0.1, -0.05) is 20.3 Å². The Morgan fingerprint density at radius 2 is 2.17 bits per heavy atom. The zero-order valence-electron chi connectivity index (χ0n) is 12.8. The third-order valence-electron chi connectivity index (χ3n) is 3.90. The first-order valence-electron chi connectivity index (χ1n) is 7.54. The molecule has 1 rings (SSSR count). The number of rotatable bonds is 8. The fourth-order valence-corrected chi connectivity index (χ4v) is 3.27. The van der Waals surface area contributed by atoms with Crippen LogP contribution in [0.2, 0.25) is 0 Å². The van der Waals surface area contributed by atoms with E-state index in [1.54, 1.807) is 0 Å². The van der Waals surface area contributed by atoms with Gasteiger partial charge in [-0.05, 0) is 45.2 Å². The molecule has 0 saturated carbocycles. The first-order valence-corrected chi connectivity index (χ1v) is 7.54. The second kappa shape index (κ2) is 8.13. The van der Waals surface area contributed by atoms with Gasteiger partial charge in [0, 0.05) is 26.2 Å². The minimum absolute atomic E-state index is 0.382. The van der Waals surface area contributed by atoms with Gasteiger partial charge < -0.3 is 15.0 Å². The largest absolute Gasteiger partial charge is 0.377 e. The summed E-state index contributed by atoms with van der Waals surface area (Å²) < 4.78 is 5.83. The van der Waals surface area contributed by atoms with Gasteiger partial charge in [0.1, 0.15) is 0 Å². The summed E-state index contributed by atoms with van der Waals surface area (Å²) in [5, 5.41) is 3.34. The van der Waals surface area contributed by atoms with Gasteiger partial charge in [0.2, 0.25) is 0 Å². The quantitative estimate of drug-likeness (QED) is 0.722. The molecule has 18 heavy (non-hydrogen) atoms. The molecule has 2 unspecified atom stereocenters. The number of nitrogens with one attached hydrogen (secondary N) is 1. The average molecular weight is 256 g/mol. The van der Waals surface area contributed by atoms with Gasteiger partial charge in [-0.2, -0.15) is 0 Å². The molecule has 0 aliphatic carbocycles. The van der Waals surface area contributed by atoms with Crippen LogP contribution >= 0.6 is 0 Å². The Bertz CT molecular complexity index is 209. The van der Waals surface area contributed by atoms with Crippen molar-refractivity contribution >= 4 is 0 Å². The summed E-state index contributed by atoms with van der Waals surface area (Å²) in [6.45, 7) is 8.96. The lowest BCUT2D eigenvalue weighted by Crippen LogP contribution is -2.43. The highest BCUT2D eigenvalue weighted by atomic mass is 16.5. The second-order valence-electron chi connectivity index (χ2n) is 6.28. The first-order chi connectivity index (χ1) is 8.59. The SMILES string of the molecule is CCCC(C)(CNC)CN(C)CC1CCCCO1. The van der Waals surface area contributed by atoms with E-state index >= 15 is 0 Å². The fraction of sp³-hybridized carbons (Fsp3) is 1.00. The summed E-state index contributed by atoms with van der Waals surface area (Å²) in [7, 11) is 4.29. The molecule has 0 aromatic rings. The molecule has 0 aromatic heterocycles. The molecule has 1 fully saturated rings. The highest BCUT2D eigenvalue weighted by Crippen LogP contribution is 2.24. The van der Waals surface area contributed by atoms with E-state index in [9.17, 15) is 0 Å². The fourth-order valence-electron chi connectivity index (χ4n) is 3.27. The molecule has 3 nitrogen and oxygen atoms in total. The Kier molecular flexibility index (Phi) is 7.20. The zero-order chi connectivity index (χ0) is 13.4. The molecule has 108 valence electrons. The molecule has 1 aliphatic heterocycles. The van der Waals surface area contributed by atoms with E-state index in [0.29, 0.717) is 11.5 Å². The van der Waals surface area contributed by atoms with Crippen molar-refractivity contribution in [1.29, 1.82) is 0 Å². The van der Waals surface area contributed by atoms with Crippen molar-refractivity contribution in [2.75, 3.05) is 40.3 Å².